The smallest absolute Gasteiger partial charge is 0.262 e. The third kappa shape index (κ3) is 2.86. The van der Waals surface area contributed by atoms with E-state index in [4.69, 9.17) is 4.74 Å². The summed E-state index contributed by atoms with van der Waals surface area (Å²) in [4.78, 5) is 26.2. The number of likely N-dealkylation sites (tertiary alicyclic amines) is 1. The van der Waals surface area contributed by atoms with Gasteiger partial charge in [0.1, 0.15) is 5.75 Å². The van der Waals surface area contributed by atoms with Gasteiger partial charge in [-0.25, -0.2) is 0 Å². The van der Waals surface area contributed by atoms with Crippen LogP contribution in [0.25, 0.3) is 0 Å². The van der Waals surface area contributed by atoms with Crippen LogP contribution in [0.3, 0.4) is 0 Å². The van der Waals surface area contributed by atoms with Gasteiger partial charge in [0.05, 0.1) is 11.3 Å². The quantitative estimate of drug-likeness (QED) is 0.862. The zero-order valence-corrected chi connectivity index (χ0v) is 12.2. The molecule has 0 radical (unpaired) electrons. The summed E-state index contributed by atoms with van der Waals surface area (Å²) in [5.74, 6) is 0.998. The number of hydrogen-bond donors (Lipinski definition) is 1. The van der Waals surface area contributed by atoms with E-state index >= 15 is 0 Å². The highest BCUT2D eigenvalue weighted by molar-refractivity contribution is 6.06. The Labute approximate surface area is 124 Å². The Morgan fingerprint density at radius 2 is 2.19 bits per heavy atom. The standard InChI is InChI=1S/C16H20N2O3/c1-11-4-3-8-18(9-7-11)16(20)12-5-2-6-13-15(12)17-14(19)10-21-13/h2,5-6,11H,3-4,7-10H2,1H3,(H,17,19)/t11-/m0/s1. The molecule has 2 aliphatic rings. The second-order valence-corrected chi connectivity index (χ2v) is 5.84. The Bertz CT molecular complexity index is 571. The number of nitrogens with one attached hydrogen (secondary N) is 1. The van der Waals surface area contributed by atoms with Crippen molar-refractivity contribution in [2.75, 3.05) is 25.0 Å². The van der Waals surface area contributed by atoms with E-state index < -0.39 is 0 Å². The highest BCUT2D eigenvalue weighted by Crippen LogP contribution is 2.32. The number of benzene rings is 1. The van der Waals surface area contributed by atoms with Crippen molar-refractivity contribution in [2.24, 2.45) is 5.92 Å². The molecule has 2 heterocycles. The lowest BCUT2D eigenvalue weighted by molar-refractivity contribution is -0.118. The molecule has 0 aliphatic carbocycles. The zero-order valence-electron chi connectivity index (χ0n) is 12.2. The SMILES string of the molecule is C[C@H]1CCCN(C(=O)c2cccc3c2NC(=O)CO3)CC1. The molecule has 1 aromatic rings. The van der Waals surface area contributed by atoms with Gasteiger partial charge in [-0.3, -0.25) is 9.59 Å². The summed E-state index contributed by atoms with van der Waals surface area (Å²) in [5, 5.41) is 2.76. The lowest BCUT2D eigenvalue weighted by Crippen LogP contribution is -2.34. The molecular formula is C16H20N2O3. The van der Waals surface area contributed by atoms with Crippen molar-refractivity contribution >= 4 is 17.5 Å². The van der Waals surface area contributed by atoms with Crippen LogP contribution >= 0.6 is 0 Å². The third-order valence-electron chi connectivity index (χ3n) is 4.18. The highest BCUT2D eigenvalue weighted by atomic mass is 16.5. The van der Waals surface area contributed by atoms with E-state index in [1.165, 1.54) is 0 Å². The second kappa shape index (κ2) is 5.76. The predicted molar refractivity (Wildman–Crippen MR) is 79.5 cm³/mol. The minimum atomic E-state index is -0.216. The molecule has 0 unspecified atom stereocenters. The van der Waals surface area contributed by atoms with E-state index in [9.17, 15) is 9.59 Å². The molecule has 21 heavy (non-hydrogen) atoms. The molecule has 112 valence electrons. The number of rotatable bonds is 1. The number of para-hydroxylation sites is 1. The number of hydrogen-bond acceptors (Lipinski definition) is 3. The van der Waals surface area contributed by atoms with Gasteiger partial charge in [-0.1, -0.05) is 13.0 Å². The first-order chi connectivity index (χ1) is 10.1. The van der Waals surface area contributed by atoms with E-state index in [0.717, 1.165) is 32.4 Å². The van der Waals surface area contributed by atoms with E-state index in [-0.39, 0.29) is 18.4 Å². The van der Waals surface area contributed by atoms with E-state index in [0.29, 0.717) is 22.9 Å². The van der Waals surface area contributed by atoms with Crippen LogP contribution in [0.2, 0.25) is 0 Å². The molecule has 1 saturated heterocycles. The molecule has 2 amide bonds. The van der Waals surface area contributed by atoms with Crippen LogP contribution in [0.15, 0.2) is 18.2 Å². The number of anilines is 1. The topological polar surface area (TPSA) is 58.6 Å². The van der Waals surface area contributed by atoms with Gasteiger partial charge in [0.15, 0.2) is 6.61 Å². The van der Waals surface area contributed by atoms with Crippen molar-refractivity contribution in [3.05, 3.63) is 23.8 Å². The van der Waals surface area contributed by atoms with E-state index in [1.54, 1.807) is 18.2 Å². The minimum absolute atomic E-state index is 0.00583. The summed E-state index contributed by atoms with van der Waals surface area (Å²) in [6.45, 7) is 3.79. The Morgan fingerprint density at radius 3 is 3.05 bits per heavy atom. The number of carbonyl (C=O) groups excluding carboxylic acids is 2. The maximum Gasteiger partial charge on any atom is 0.262 e. The normalized spacial score (nSPS) is 21.9. The first-order valence-corrected chi connectivity index (χ1v) is 7.50. The van der Waals surface area contributed by atoms with Gasteiger partial charge in [-0.2, -0.15) is 0 Å². The first kappa shape index (κ1) is 13.9. The molecule has 5 nitrogen and oxygen atoms in total. The van der Waals surface area contributed by atoms with Crippen LogP contribution < -0.4 is 10.1 Å². The molecule has 3 rings (SSSR count). The predicted octanol–water partition coefficient (Wildman–Crippen LogP) is 2.28. The molecule has 1 N–H and O–H groups in total. The Balaban J connectivity index is 1.86. The molecule has 0 aromatic heterocycles. The lowest BCUT2D eigenvalue weighted by Gasteiger charge is -2.25. The van der Waals surface area contributed by atoms with Crippen molar-refractivity contribution in [2.45, 2.75) is 26.2 Å². The molecule has 5 heteroatoms. The van der Waals surface area contributed by atoms with Gasteiger partial charge in [-0.15, -0.1) is 0 Å². The largest absolute Gasteiger partial charge is 0.482 e. The maximum atomic E-state index is 12.8. The van der Waals surface area contributed by atoms with Gasteiger partial charge in [0.25, 0.3) is 11.8 Å². The molecule has 1 aromatic carbocycles. The van der Waals surface area contributed by atoms with Crippen LogP contribution in [0, 0.1) is 5.92 Å². The fourth-order valence-electron chi connectivity index (χ4n) is 2.91. The molecule has 0 bridgehead atoms. The van der Waals surface area contributed by atoms with Gasteiger partial charge in [0, 0.05) is 13.1 Å². The Morgan fingerprint density at radius 1 is 1.33 bits per heavy atom. The molecule has 0 saturated carbocycles. The molecule has 1 fully saturated rings. The highest BCUT2D eigenvalue weighted by Gasteiger charge is 2.26. The van der Waals surface area contributed by atoms with Crippen LogP contribution in [0.5, 0.6) is 5.75 Å². The fourth-order valence-corrected chi connectivity index (χ4v) is 2.91. The first-order valence-electron chi connectivity index (χ1n) is 7.50. The molecule has 0 spiro atoms. The van der Waals surface area contributed by atoms with Crippen LogP contribution in [0.4, 0.5) is 5.69 Å². The number of amides is 2. The average molecular weight is 288 g/mol. The van der Waals surface area contributed by atoms with Crippen LogP contribution in [-0.2, 0) is 4.79 Å². The monoisotopic (exact) mass is 288 g/mol. The number of carbonyl (C=O) groups is 2. The average Bonchev–Trinajstić information content (AvgIpc) is 2.70. The Hall–Kier alpha value is -2.04. The summed E-state index contributed by atoms with van der Waals surface area (Å²) < 4.78 is 5.37. The summed E-state index contributed by atoms with van der Waals surface area (Å²) in [6.07, 6.45) is 3.23. The van der Waals surface area contributed by atoms with E-state index in [1.807, 2.05) is 4.90 Å². The van der Waals surface area contributed by atoms with Crippen LogP contribution in [-0.4, -0.2) is 36.4 Å². The fraction of sp³-hybridized carbons (Fsp3) is 0.500. The summed E-state index contributed by atoms with van der Waals surface area (Å²) in [6, 6.07) is 5.32. The minimum Gasteiger partial charge on any atom is -0.482 e. The zero-order chi connectivity index (χ0) is 14.8. The second-order valence-electron chi connectivity index (χ2n) is 5.84. The van der Waals surface area contributed by atoms with Crippen molar-refractivity contribution in [3.8, 4) is 5.75 Å². The third-order valence-corrected chi connectivity index (χ3v) is 4.18. The van der Waals surface area contributed by atoms with Crippen LogP contribution in [0.1, 0.15) is 36.5 Å². The van der Waals surface area contributed by atoms with Gasteiger partial charge < -0.3 is 15.0 Å². The number of ether oxygens (including phenoxy) is 1. The Kier molecular flexibility index (Phi) is 3.82. The lowest BCUT2D eigenvalue weighted by atomic mass is 10.0. The number of fused-ring (bicyclic) bond motifs is 1. The summed E-state index contributed by atoms with van der Waals surface area (Å²) in [5.41, 5.74) is 1.03. The molecular weight excluding hydrogens is 268 g/mol. The summed E-state index contributed by atoms with van der Waals surface area (Å²) >= 11 is 0. The van der Waals surface area contributed by atoms with Gasteiger partial charge in [-0.05, 0) is 37.3 Å². The maximum absolute atomic E-state index is 12.8. The van der Waals surface area contributed by atoms with Crippen molar-refractivity contribution in [3.63, 3.8) is 0 Å². The van der Waals surface area contributed by atoms with Crippen molar-refractivity contribution < 1.29 is 14.3 Å². The van der Waals surface area contributed by atoms with Crippen molar-refractivity contribution in [1.82, 2.24) is 4.90 Å². The van der Waals surface area contributed by atoms with Crippen molar-refractivity contribution in [1.29, 1.82) is 0 Å². The number of nitrogens with zero attached hydrogens (tertiary/aromatic N) is 1. The summed E-state index contributed by atoms with van der Waals surface area (Å²) in [7, 11) is 0. The molecule has 2 aliphatic heterocycles. The van der Waals surface area contributed by atoms with Gasteiger partial charge >= 0.3 is 0 Å². The molecule has 1 atom stereocenters. The van der Waals surface area contributed by atoms with Gasteiger partial charge in [0.2, 0.25) is 0 Å². The van der Waals surface area contributed by atoms with E-state index in [2.05, 4.69) is 12.2 Å².